The van der Waals surface area contributed by atoms with Crippen LogP contribution < -0.4 is 4.90 Å². The zero-order valence-corrected chi connectivity index (χ0v) is 13.1. The number of rotatable bonds is 7. The minimum atomic E-state index is -0.191. The number of hydrogen-bond donors (Lipinski definition) is 1. The van der Waals surface area contributed by atoms with Gasteiger partial charge in [-0.25, -0.2) is 9.97 Å². The maximum atomic E-state index is 12.0. The van der Waals surface area contributed by atoms with Crippen molar-refractivity contribution in [1.82, 2.24) is 15.0 Å². The highest BCUT2D eigenvalue weighted by atomic mass is 32.2. The van der Waals surface area contributed by atoms with Crippen LogP contribution in [-0.4, -0.2) is 46.2 Å². The van der Waals surface area contributed by atoms with E-state index in [-0.39, 0.29) is 6.67 Å². The molecule has 2 aromatic rings. The largest absolute Gasteiger partial charge is 0.356 e. The summed E-state index contributed by atoms with van der Waals surface area (Å²) < 4.78 is 12.0. The number of thioether (sulfide) groups is 1. The predicted octanol–water partition coefficient (Wildman–Crippen LogP) is 3.27. The van der Waals surface area contributed by atoms with Gasteiger partial charge in [-0.2, -0.15) is 11.8 Å². The van der Waals surface area contributed by atoms with Crippen LogP contribution in [0, 0.1) is 5.92 Å². The molecule has 0 unspecified atom stereocenters. The molecule has 21 heavy (non-hydrogen) atoms. The third-order valence-corrected chi connectivity index (χ3v) is 5.49. The Morgan fingerprint density at radius 1 is 1.43 bits per heavy atom. The van der Waals surface area contributed by atoms with E-state index in [0.717, 1.165) is 34.3 Å². The van der Waals surface area contributed by atoms with E-state index in [4.69, 9.17) is 0 Å². The first kappa shape index (κ1) is 14.6. The lowest BCUT2D eigenvalue weighted by molar-refractivity contribution is 0.286. The average molecular weight is 308 g/mol. The van der Waals surface area contributed by atoms with Gasteiger partial charge in [-0.05, 0) is 42.8 Å². The number of hydrogen-bond acceptors (Lipinski definition) is 4. The SMILES string of the molecule is CN(c1ncnc2[nH]ccc12)C1CC(CSCCCF)C1. The summed E-state index contributed by atoms with van der Waals surface area (Å²) in [5.74, 6) is 3.89. The van der Waals surface area contributed by atoms with Crippen LogP contribution in [0.15, 0.2) is 18.6 Å². The quantitative estimate of drug-likeness (QED) is 0.797. The van der Waals surface area contributed by atoms with Crippen LogP contribution in [0.2, 0.25) is 0 Å². The van der Waals surface area contributed by atoms with E-state index in [1.165, 1.54) is 12.8 Å². The van der Waals surface area contributed by atoms with E-state index >= 15 is 0 Å². The number of halogens is 1. The highest BCUT2D eigenvalue weighted by molar-refractivity contribution is 7.99. The van der Waals surface area contributed by atoms with Crippen LogP contribution in [0.1, 0.15) is 19.3 Å². The van der Waals surface area contributed by atoms with E-state index in [9.17, 15) is 4.39 Å². The number of alkyl halides is 1. The van der Waals surface area contributed by atoms with Gasteiger partial charge in [0.1, 0.15) is 17.8 Å². The second-order valence-electron chi connectivity index (χ2n) is 5.66. The maximum Gasteiger partial charge on any atom is 0.142 e. The Bertz CT molecular complexity index is 582. The Morgan fingerprint density at radius 3 is 3.10 bits per heavy atom. The molecule has 2 heterocycles. The fourth-order valence-corrected chi connectivity index (χ4v) is 3.96. The van der Waals surface area contributed by atoms with E-state index in [0.29, 0.717) is 12.5 Å². The van der Waals surface area contributed by atoms with Gasteiger partial charge in [-0.15, -0.1) is 0 Å². The summed E-state index contributed by atoms with van der Waals surface area (Å²) in [4.78, 5) is 14.1. The van der Waals surface area contributed by atoms with Crippen LogP contribution in [0.3, 0.4) is 0 Å². The van der Waals surface area contributed by atoms with Crippen LogP contribution in [0.4, 0.5) is 10.2 Å². The van der Waals surface area contributed by atoms with E-state index in [1.807, 2.05) is 24.0 Å². The van der Waals surface area contributed by atoms with Crippen molar-refractivity contribution in [2.24, 2.45) is 5.92 Å². The Hall–Kier alpha value is -1.30. The highest BCUT2D eigenvalue weighted by Gasteiger charge is 2.33. The molecule has 3 rings (SSSR count). The molecular formula is C15H21FN4S. The van der Waals surface area contributed by atoms with Gasteiger partial charge >= 0.3 is 0 Å². The van der Waals surface area contributed by atoms with Crippen LogP contribution in [-0.2, 0) is 0 Å². The highest BCUT2D eigenvalue weighted by Crippen LogP contribution is 2.36. The fraction of sp³-hybridized carbons (Fsp3) is 0.600. The molecule has 4 nitrogen and oxygen atoms in total. The van der Waals surface area contributed by atoms with Crippen molar-refractivity contribution in [1.29, 1.82) is 0 Å². The molecule has 1 N–H and O–H groups in total. The van der Waals surface area contributed by atoms with Crippen molar-refractivity contribution in [3.8, 4) is 0 Å². The Balaban J connectivity index is 1.53. The molecule has 114 valence electrons. The predicted molar refractivity (Wildman–Crippen MR) is 86.7 cm³/mol. The van der Waals surface area contributed by atoms with Gasteiger partial charge < -0.3 is 9.88 Å². The molecule has 0 aliphatic heterocycles. The number of fused-ring (bicyclic) bond motifs is 1. The molecule has 0 radical (unpaired) electrons. The molecule has 0 aromatic carbocycles. The van der Waals surface area contributed by atoms with Gasteiger partial charge in [0.2, 0.25) is 0 Å². The minimum Gasteiger partial charge on any atom is -0.356 e. The number of H-pyrrole nitrogens is 1. The van der Waals surface area contributed by atoms with Crippen molar-refractivity contribution in [2.75, 3.05) is 30.1 Å². The first-order valence-electron chi connectivity index (χ1n) is 7.44. The Kier molecular flexibility index (Phi) is 4.63. The van der Waals surface area contributed by atoms with Crippen molar-refractivity contribution in [2.45, 2.75) is 25.3 Å². The normalized spacial score (nSPS) is 21.4. The summed E-state index contributed by atoms with van der Waals surface area (Å²) in [6.45, 7) is -0.191. The molecule has 6 heteroatoms. The molecule has 1 saturated carbocycles. The molecule has 1 aliphatic rings. The number of nitrogens with zero attached hydrogens (tertiary/aromatic N) is 3. The molecule has 2 aromatic heterocycles. The van der Waals surface area contributed by atoms with Gasteiger partial charge in [0.25, 0.3) is 0 Å². The summed E-state index contributed by atoms with van der Waals surface area (Å²) in [6.07, 6.45) is 6.62. The third kappa shape index (κ3) is 3.15. The van der Waals surface area contributed by atoms with Crippen molar-refractivity contribution >= 4 is 28.6 Å². The lowest BCUT2D eigenvalue weighted by Gasteiger charge is -2.41. The molecule has 0 atom stereocenters. The molecule has 0 saturated heterocycles. The van der Waals surface area contributed by atoms with Crippen molar-refractivity contribution < 1.29 is 4.39 Å². The summed E-state index contributed by atoms with van der Waals surface area (Å²) in [5.41, 5.74) is 0.893. The van der Waals surface area contributed by atoms with Crippen molar-refractivity contribution in [3.63, 3.8) is 0 Å². The topological polar surface area (TPSA) is 44.8 Å². The maximum absolute atomic E-state index is 12.0. The number of anilines is 1. The van der Waals surface area contributed by atoms with Gasteiger partial charge in [0, 0.05) is 19.3 Å². The van der Waals surface area contributed by atoms with Crippen LogP contribution in [0.25, 0.3) is 11.0 Å². The van der Waals surface area contributed by atoms with Gasteiger partial charge in [-0.3, -0.25) is 4.39 Å². The third-order valence-electron chi connectivity index (χ3n) is 4.20. The molecular weight excluding hydrogens is 287 g/mol. The van der Waals surface area contributed by atoms with Crippen molar-refractivity contribution in [3.05, 3.63) is 18.6 Å². The molecule has 1 aliphatic carbocycles. The first-order chi connectivity index (χ1) is 10.3. The second kappa shape index (κ2) is 6.64. The van der Waals surface area contributed by atoms with E-state index < -0.39 is 0 Å². The monoisotopic (exact) mass is 308 g/mol. The summed E-state index contributed by atoms with van der Waals surface area (Å²) in [7, 11) is 2.12. The number of nitrogens with one attached hydrogen (secondary N) is 1. The Labute approximate surface area is 128 Å². The van der Waals surface area contributed by atoms with Gasteiger partial charge in [0.05, 0.1) is 12.1 Å². The summed E-state index contributed by atoms with van der Waals surface area (Å²) in [6, 6.07) is 2.59. The average Bonchev–Trinajstić information content (AvgIpc) is 2.92. The molecule has 0 spiro atoms. The molecule has 0 bridgehead atoms. The summed E-state index contributed by atoms with van der Waals surface area (Å²) >= 11 is 1.89. The second-order valence-corrected chi connectivity index (χ2v) is 6.81. The standard InChI is InChI=1S/C15H21FN4S/c1-20(12-7-11(8-12)9-21-6-2-4-16)15-13-3-5-17-14(13)18-10-19-15/h3,5,10-12H,2,4,6-9H2,1H3,(H,17,18,19). The lowest BCUT2D eigenvalue weighted by atomic mass is 9.81. The zero-order chi connectivity index (χ0) is 14.7. The zero-order valence-electron chi connectivity index (χ0n) is 12.3. The molecule has 0 amide bonds. The first-order valence-corrected chi connectivity index (χ1v) is 8.59. The molecule has 1 fully saturated rings. The van der Waals surface area contributed by atoms with E-state index in [2.05, 4.69) is 26.9 Å². The van der Waals surface area contributed by atoms with Gasteiger partial charge in [-0.1, -0.05) is 0 Å². The number of aromatic amines is 1. The number of aromatic nitrogens is 3. The minimum absolute atomic E-state index is 0.191. The fourth-order valence-electron chi connectivity index (χ4n) is 2.87. The Morgan fingerprint density at radius 2 is 2.29 bits per heavy atom. The summed E-state index contributed by atoms with van der Waals surface area (Å²) in [5, 5.41) is 1.08. The van der Waals surface area contributed by atoms with Gasteiger partial charge in [0.15, 0.2) is 0 Å². The van der Waals surface area contributed by atoms with Crippen LogP contribution >= 0.6 is 11.8 Å². The smallest absolute Gasteiger partial charge is 0.142 e. The van der Waals surface area contributed by atoms with E-state index in [1.54, 1.807) is 6.33 Å². The van der Waals surface area contributed by atoms with Crippen LogP contribution in [0.5, 0.6) is 0 Å². The lowest BCUT2D eigenvalue weighted by Crippen LogP contribution is -2.44.